The molecule has 1 aromatic rings. The molecular weight excluding hydrogens is 260 g/mol. The lowest BCUT2D eigenvalue weighted by Gasteiger charge is -2.16. The lowest BCUT2D eigenvalue weighted by molar-refractivity contribution is -0.144. The van der Waals surface area contributed by atoms with E-state index in [0.717, 1.165) is 0 Å². The molecule has 0 spiro atoms. The third kappa shape index (κ3) is 6.43. The molecule has 0 aliphatic carbocycles. The molecule has 0 aliphatic rings. The Morgan fingerprint density at radius 3 is 2.60 bits per heavy atom. The smallest absolute Gasteiger partial charge is 0.305 e. The number of rotatable bonds is 7. The van der Waals surface area contributed by atoms with Gasteiger partial charge in [0.15, 0.2) is 0 Å². The molecular formula is C15H22O5. The zero-order valence-electron chi connectivity index (χ0n) is 11.9. The molecule has 0 aromatic heterocycles. The maximum absolute atomic E-state index is 11.5. The number of esters is 1. The number of hydrogen-bond acceptors (Lipinski definition) is 5. The van der Waals surface area contributed by atoms with Crippen molar-refractivity contribution in [2.45, 2.75) is 45.1 Å². The van der Waals surface area contributed by atoms with Gasteiger partial charge in [-0.05, 0) is 38.3 Å². The number of aryl methyl sites for hydroxylation is 1. The van der Waals surface area contributed by atoms with E-state index in [0.29, 0.717) is 24.8 Å². The highest BCUT2D eigenvalue weighted by Gasteiger charge is 2.13. The van der Waals surface area contributed by atoms with Gasteiger partial charge in [-0.25, -0.2) is 0 Å². The minimum Gasteiger partial charge on any atom is -0.508 e. The number of benzene rings is 1. The van der Waals surface area contributed by atoms with Crippen LogP contribution in [0.15, 0.2) is 18.2 Å². The lowest BCUT2D eigenvalue weighted by Crippen LogP contribution is -2.22. The third-order valence-electron chi connectivity index (χ3n) is 2.87. The van der Waals surface area contributed by atoms with E-state index in [1.165, 1.54) is 12.1 Å². The first-order chi connectivity index (χ1) is 9.28. The standard InChI is InChI=1S/C15H22O5/c1-15(2,19)8-9-20-14(18)5-3-4-11-6-7-12(16)10-13(11)17/h6-7,10,16-17,19H,3-5,8-9H2,1-2H3. The van der Waals surface area contributed by atoms with Crippen molar-refractivity contribution in [3.63, 3.8) is 0 Å². The monoisotopic (exact) mass is 282 g/mol. The van der Waals surface area contributed by atoms with Crippen LogP contribution in [0.3, 0.4) is 0 Å². The minimum atomic E-state index is -0.835. The van der Waals surface area contributed by atoms with Gasteiger partial charge in [0, 0.05) is 18.9 Å². The summed E-state index contributed by atoms with van der Waals surface area (Å²) in [7, 11) is 0. The van der Waals surface area contributed by atoms with Gasteiger partial charge < -0.3 is 20.1 Å². The molecule has 0 bridgehead atoms. The van der Waals surface area contributed by atoms with E-state index in [2.05, 4.69) is 0 Å². The summed E-state index contributed by atoms with van der Waals surface area (Å²) in [5.41, 5.74) is -0.148. The van der Waals surface area contributed by atoms with Crippen LogP contribution < -0.4 is 0 Å². The molecule has 5 nitrogen and oxygen atoms in total. The van der Waals surface area contributed by atoms with Crippen LogP contribution in [0.2, 0.25) is 0 Å². The van der Waals surface area contributed by atoms with Crippen LogP contribution in [0.25, 0.3) is 0 Å². The van der Waals surface area contributed by atoms with E-state index < -0.39 is 5.60 Å². The summed E-state index contributed by atoms with van der Waals surface area (Å²) in [5, 5.41) is 28.2. The Morgan fingerprint density at radius 1 is 1.30 bits per heavy atom. The molecule has 0 radical (unpaired) electrons. The van der Waals surface area contributed by atoms with E-state index in [1.807, 2.05) is 0 Å². The van der Waals surface area contributed by atoms with Crippen molar-refractivity contribution >= 4 is 5.97 Å². The fourth-order valence-electron chi connectivity index (χ4n) is 1.67. The van der Waals surface area contributed by atoms with Gasteiger partial charge in [-0.2, -0.15) is 0 Å². The van der Waals surface area contributed by atoms with Gasteiger partial charge in [-0.3, -0.25) is 4.79 Å². The largest absolute Gasteiger partial charge is 0.508 e. The van der Waals surface area contributed by atoms with Gasteiger partial charge in [-0.1, -0.05) is 6.07 Å². The van der Waals surface area contributed by atoms with E-state index >= 15 is 0 Å². The number of carbonyl (C=O) groups is 1. The van der Waals surface area contributed by atoms with Gasteiger partial charge in [0.1, 0.15) is 11.5 Å². The normalized spacial score (nSPS) is 11.3. The molecule has 0 unspecified atom stereocenters. The number of phenols is 2. The van der Waals surface area contributed by atoms with Crippen molar-refractivity contribution < 1.29 is 24.9 Å². The number of phenolic OH excluding ortho intramolecular Hbond substituents is 2. The van der Waals surface area contributed by atoms with Crippen molar-refractivity contribution in [3.8, 4) is 11.5 Å². The molecule has 3 N–H and O–H groups in total. The average molecular weight is 282 g/mol. The van der Waals surface area contributed by atoms with Gasteiger partial charge in [0.2, 0.25) is 0 Å². The summed E-state index contributed by atoms with van der Waals surface area (Å²) in [5.74, 6) is -0.273. The Bertz CT molecular complexity index is 448. The zero-order chi connectivity index (χ0) is 15.2. The molecule has 0 fully saturated rings. The molecule has 0 saturated heterocycles. The van der Waals surface area contributed by atoms with Crippen molar-refractivity contribution in [2.75, 3.05) is 6.61 Å². The highest BCUT2D eigenvalue weighted by atomic mass is 16.5. The third-order valence-corrected chi connectivity index (χ3v) is 2.87. The molecule has 0 heterocycles. The maximum Gasteiger partial charge on any atom is 0.305 e. The van der Waals surface area contributed by atoms with Gasteiger partial charge in [0.25, 0.3) is 0 Å². The Labute approximate surface area is 118 Å². The molecule has 1 rings (SSSR count). The van der Waals surface area contributed by atoms with Crippen molar-refractivity contribution in [1.82, 2.24) is 0 Å². The van der Waals surface area contributed by atoms with Gasteiger partial charge in [0.05, 0.1) is 12.2 Å². The van der Waals surface area contributed by atoms with Crippen molar-refractivity contribution in [3.05, 3.63) is 23.8 Å². The topological polar surface area (TPSA) is 87.0 Å². The Balaban J connectivity index is 2.25. The van der Waals surface area contributed by atoms with Crippen molar-refractivity contribution in [1.29, 1.82) is 0 Å². The van der Waals surface area contributed by atoms with Crippen LogP contribution in [-0.2, 0) is 16.0 Å². The number of aromatic hydroxyl groups is 2. The van der Waals surface area contributed by atoms with E-state index in [9.17, 15) is 15.0 Å². The van der Waals surface area contributed by atoms with E-state index in [-0.39, 0.29) is 30.5 Å². The molecule has 0 atom stereocenters. The Kier molecular flexibility index (Phi) is 5.82. The van der Waals surface area contributed by atoms with Crippen LogP contribution >= 0.6 is 0 Å². The second-order valence-corrected chi connectivity index (χ2v) is 5.45. The predicted molar refractivity (Wildman–Crippen MR) is 74.6 cm³/mol. The molecule has 0 amide bonds. The van der Waals surface area contributed by atoms with Crippen LogP contribution in [-0.4, -0.2) is 33.5 Å². The Hall–Kier alpha value is -1.75. The number of aliphatic hydroxyl groups is 1. The maximum atomic E-state index is 11.5. The quantitative estimate of drug-likeness (QED) is 0.667. The van der Waals surface area contributed by atoms with Gasteiger partial charge >= 0.3 is 5.97 Å². The lowest BCUT2D eigenvalue weighted by atomic mass is 10.1. The summed E-state index contributed by atoms with van der Waals surface area (Å²) < 4.78 is 5.00. The molecule has 0 aliphatic heterocycles. The summed E-state index contributed by atoms with van der Waals surface area (Å²) in [4.78, 5) is 11.5. The highest BCUT2D eigenvalue weighted by Crippen LogP contribution is 2.23. The van der Waals surface area contributed by atoms with Crippen LogP contribution in [0.1, 0.15) is 38.7 Å². The fraction of sp³-hybridized carbons (Fsp3) is 0.533. The van der Waals surface area contributed by atoms with Crippen molar-refractivity contribution in [2.24, 2.45) is 0 Å². The van der Waals surface area contributed by atoms with E-state index in [4.69, 9.17) is 9.84 Å². The second kappa shape index (κ2) is 7.14. The molecule has 20 heavy (non-hydrogen) atoms. The number of ether oxygens (including phenoxy) is 1. The second-order valence-electron chi connectivity index (χ2n) is 5.45. The predicted octanol–water partition coefficient (Wildman–Crippen LogP) is 2.12. The van der Waals surface area contributed by atoms with Crippen LogP contribution in [0.4, 0.5) is 0 Å². The zero-order valence-corrected chi connectivity index (χ0v) is 11.9. The van der Waals surface area contributed by atoms with Crippen LogP contribution in [0, 0.1) is 0 Å². The fourth-order valence-corrected chi connectivity index (χ4v) is 1.67. The number of carbonyl (C=O) groups excluding carboxylic acids is 1. The summed E-state index contributed by atoms with van der Waals surface area (Å²) in [6.07, 6.45) is 1.75. The summed E-state index contributed by atoms with van der Waals surface area (Å²) in [6, 6.07) is 4.40. The molecule has 112 valence electrons. The Morgan fingerprint density at radius 2 is 2.00 bits per heavy atom. The molecule has 1 aromatic carbocycles. The summed E-state index contributed by atoms with van der Waals surface area (Å²) >= 11 is 0. The first-order valence-electron chi connectivity index (χ1n) is 6.67. The van der Waals surface area contributed by atoms with E-state index in [1.54, 1.807) is 19.9 Å². The van der Waals surface area contributed by atoms with Gasteiger partial charge in [-0.15, -0.1) is 0 Å². The average Bonchev–Trinajstić information content (AvgIpc) is 2.30. The first-order valence-corrected chi connectivity index (χ1v) is 6.67. The molecule has 0 saturated carbocycles. The summed E-state index contributed by atoms with van der Waals surface area (Å²) in [6.45, 7) is 3.52. The first kappa shape index (κ1) is 16.3. The minimum absolute atomic E-state index is 0.0114. The highest BCUT2D eigenvalue weighted by molar-refractivity contribution is 5.69. The number of hydrogen-bond donors (Lipinski definition) is 3. The molecule has 5 heteroatoms. The van der Waals surface area contributed by atoms with Crippen LogP contribution in [0.5, 0.6) is 11.5 Å². The SMILES string of the molecule is CC(C)(O)CCOC(=O)CCCc1ccc(O)cc1O.